The van der Waals surface area contributed by atoms with Crippen LogP contribution in [0.3, 0.4) is 0 Å². The first-order valence-corrected chi connectivity index (χ1v) is 7.73. The Balaban J connectivity index is 0.000000581. The SMILES string of the molecule is CC.CC.COc1c(S)sc2ccc(Br)cc12. The second-order valence-electron chi connectivity index (χ2n) is 2.58. The highest BCUT2D eigenvalue weighted by atomic mass is 79.9. The molecule has 1 heterocycles. The van der Waals surface area contributed by atoms with Crippen LogP contribution in [0.5, 0.6) is 5.75 Å². The van der Waals surface area contributed by atoms with E-state index in [1.54, 1.807) is 18.4 Å². The number of hydrogen-bond acceptors (Lipinski definition) is 3. The van der Waals surface area contributed by atoms with Crippen molar-refractivity contribution in [2.45, 2.75) is 31.9 Å². The van der Waals surface area contributed by atoms with E-state index in [2.05, 4.69) is 34.6 Å². The molecular weight excluding hydrogens is 316 g/mol. The summed E-state index contributed by atoms with van der Waals surface area (Å²) in [5, 5.41) is 1.12. The molecule has 0 saturated heterocycles. The summed E-state index contributed by atoms with van der Waals surface area (Å²) in [5.74, 6) is 0.865. The van der Waals surface area contributed by atoms with E-state index in [1.165, 1.54) is 4.70 Å². The van der Waals surface area contributed by atoms with E-state index in [9.17, 15) is 0 Å². The largest absolute Gasteiger partial charge is 0.494 e. The van der Waals surface area contributed by atoms with Crippen molar-refractivity contribution in [2.75, 3.05) is 7.11 Å². The van der Waals surface area contributed by atoms with Gasteiger partial charge in [-0.25, -0.2) is 0 Å². The van der Waals surface area contributed by atoms with Crippen LogP contribution in [0.2, 0.25) is 0 Å². The lowest BCUT2D eigenvalue weighted by molar-refractivity contribution is 0.413. The van der Waals surface area contributed by atoms with Crippen molar-refractivity contribution in [2.24, 2.45) is 0 Å². The van der Waals surface area contributed by atoms with Crippen LogP contribution in [0.15, 0.2) is 26.9 Å². The minimum atomic E-state index is 0.865. The maximum absolute atomic E-state index is 5.27. The Bertz CT molecular complexity index is 452. The van der Waals surface area contributed by atoms with Crippen LogP contribution >= 0.6 is 39.9 Å². The fraction of sp³-hybridized carbons (Fsp3) is 0.385. The molecule has 0 fully saturated rings. The van der Waals surface area contributed by atoms with Crippen LogP contribution in [-0.4, -0.2) is 7.11 Å². The minimum Gasteiger partial charge on any atom is -0.494 e. The molecule has 0 unspecified atom stereocenters. The molecule has 0 N–H and O–H groups in total. The summed E-state index contributed by atoms with van der Waals surface area (Å²) >= 11 is 9.41. The maximum Gasteiger partial charge on any atom is 0.150 e. The molecule has 4 heteroatoms. The van der Waals surface area contributed by atoms with Crippen molar-refractivity contribution in [3.8, 4) is 5.75 Å². The monoisotopic (exact) mass is 334 g/mol. The Morgan fingerprint density at radius 3 is 2.29 bits per heavy atom. The van der Waals surface area contributed by atoms with Gasteiger partial charge in [-0.2, -0.15) is 0 Å². The molecule has 0 aliphatic rings. The molecule has 0 amide bonds. The van der Waals surface area contributed by atoms with Crippen molar-refractivity contribution >= 4 is 50.0 Å². The van der Waals surface area contributed by atoms with Gasteiger partial charge in [-0.05, 0) is 18.2 Å². The highest BCUT2D eigenvalue weighted by Gasteiger charge is 2.09. The molecular formula is C13H19BrOS2. The number of halogens is 1. The topological polar surface area (TPSA) is 9.23 Å². The van der Waals surface area contributed by atoms with E-state index in [0.717, 1.165) is 19.8 Å². The molecule has 2 aromatic rings. The molecule has 1 aromatic carbocycles. The van der Waals surface area contributed by atoms with Crippen molar-refractivity contribution < 1.29 is 4.74 Å². The van der Waals surface area contributed by atoms with Gasteiger partial charge in [0.2, 0.25) is 0 Å². The van der Waals surface area contributed by atoms with Crippen LogP contribution in [0, 0.1) is 0 Å². The van der Waals surface area contributed by atoms with Crippen LogP contribution < -0.4 is 4.74 Å². The lowest BCUT2D eigenvalue weighted by Crippen LogP contribution is -1.80. The molecule has 0 saturated carbocycles. The van der Waals surface area contributed by atoms with Gasteiger partial charge in [-0.15, -0.1) is 24.0 Å². The zero-order valence-electron chi connectivity index (χ0n) is 10.9. The molecule has 1 aromatic heterocycles. The average Bonchev–Trinajstić information content (AvgIpc) is 2.69. The Labute approximate surface area is 122 Å². The van der Waals surface area contributed by atoms with Gasteiger partial charge in [-0.1, -0.05) is 43.6 Å². The predicted octanol–water partition coefficient (Wildman–Crippen LogP) is 6.01. The van der Waals surface area contributed by atoms with Crippen LogP contribution in [0.1, 0.15) is 27.7 Å². The number of fused-ring (bicyclic) bond motifs is 1. The standard InChI is InChI=1S/C9H7BrOS2.2C2H6/c1-11-8-6-4-5(10)2-3-7(6)13-9(8)12;2*1-2/h2-4,12H,1H3;2*1-2H3. The maximum atomic E-state index is 5.27. The highest BCUT2D eigenvalue weighted by Crippen LogP contribution is 2.40. The third-order valence-corrected chi connectivity index (χ3v) is 3.72. The summed E-state index contributed by atoms with van der Waals surface area (Å²) in [6, 6.07) is 6.13. The third kappa shape index (κ3) is 4.19. The summed E-state index contributed by atoms with van der Waals surface area (Å²) in [5.41, 5.74) is 0. The Hall–Kier alpha value is -0.190. The molecule has 0 bridgehead atoms. The molecule has 96 valence electrons. The Kier molecular flexibility index (Phi) is 8.74. The number of rotatable bonds is 1. The predicted molar refractivity (Wildman–Crippen MR) is 86.0 cm³/mol. The smallest absolute Gasteiger partial charge is 0.150 e. The van der Waals surface area contributed by atoms with E-state index in [4.69, 9.17) is 4.74 Å². The van der Waals surface area contributed by atoms with Crippen LogP contribution in [0.4, 0.5) is 0 Å². The van der Waals surface area contributed by atoms with Crippen molar-refractivity contribution in [1.29, 1.82) is 0 Å². The highest BCUT2D eigenvalue weighted by molar-refractivity contribution is 9.10. The van der Waals surface area contributed by atoms with Crippen LogP contribution in [-0.2, 0) is 0 Å². The summed E-state index contributed by atoms with van der Waals surface area (Å²) in [4.78, 5) is 0. The Morgan fingerprint density at radius 1 is 1.18 bits per heavy atom. The molecule has 17 heavy (non-hydrogen) atoms. The van der Waals surface area contributed by atoms with Gasteiger partial charge in [0, 0.05) is 14.6 Å². The number of thiol groups is 1. The molecule has 0 aliphatic heterocycles. The first-order valence-electron chi connectivity index (χ1n) is 5.67. The lowest BCUT2D eigenvalue weighted by Gasteiger charge is -1.97. The zero-order chi connectivity index (χ0) is 13.4. The number of ether oxygens (including phenoxy) is 1. The fourth-order valence-corrected chi connectivity index (χ4v) is 2.99. The normalized spacial score (nSPS) is 8.88. The van der Waals surface area contributed by atoms with Crippen molar-refractivity contribution in [1.82, 2.24) is 0 Å². The quantitative estimate of drug-likeness (QED) is 0.628. The molecule has 0 radical (unpaired) electrons. The fourth-order valence-electron chi connectivity index (χ4n) is 1.23. The number of benzene rings is 1. The summed E-state index contributed by atoms with van der Waals surface area (Å²) < 4.78 is 8.45. The molecule has 2 rings (SSSR count). The Morgan fingerprint density at radius 2 is 1.76 bits per heavy atom. The lowest BCUT2D eigenvalue weighted by atomic mass is 10.2. The van der Waals surface area contributed by atoms with Gasteiger partial charge in [0.05, 0.1) is 7.11 Å². The molecule has 1 nitrogen and oxygen atoms in total. The molecule has 0 spiro atoms. The van der Waals surface area contributed by atoms with Gasteiger partial charge in [-0.3, -0.25) is 0 Å². The van der Waals surface area contributed by atoms with E-state index in [1.807, 2.05) is 39.8 Å². The molecule has 0 atom stereocenters. The number of methoxy groups -OCH3 is 1. The summed E-state index contributed by atoms with van der Waals surface area (Å²) in [7, 11) is 1.67. The second-order valence-corrected chi connectivity index (χ2v) is 5.30. The first kappa shape index (κ1) is 16.8. The van der Waals surface area contributed by atoms with Gasteiger partial charge < -0.3 is 4.74 Å². The summed E-state index contributed by atoms with van der Waals surface area (Å²) in [6.07, 6.45) is 0. The zero-order valence-corrected chi connectivity index (χ0v) is 14.2. The van der Waals surface area contributed by atoms with Gasteiger partial charge in [0.1, 0.15) is 4.21 Å². The average molecular weight is 335 g/mol. The first-order chi connectivity index (χ1) is 8.22. The van der Waals surface area contributed by atoms with Crippen LogP contribution in [0.25, 0.3) is 10.1 Å². The molecule has 0 aliphatic carbocycles. The van der Waals surface area contributed by atoms with E-state index >= 15 is 0 Å². The van der Waals surface area contributed by atoms with E-state index < -0.39 is 0 Å². The van der Waals surface area contributed by atoms with E-state index in [0.29, 0.717) is 0 Å². The van der Waals surface area contributed by atoms with E-state index in [-0.39, 0.29) is 0 Å². The minimum absolute atomic E-state index is 0.865. The number of hydrogen-bond donors (Lipinski definition) is 1. The van der Waals surface area contributed by atoms with Crippen molar-refractivity contribution in [3.05, 3.63) is 22.7 Å². The van der Waals surface area contributed by atoms with Gasteiger partial charge in [0.15, 0.2) is 5.75 Å². The number of thiophene rings is 1. The summed E-state index contributed by atoms with van der Waals surface area (Å²) in [6.45, 7) is 8.00. The third-order valence-electron chi connectivity index (χ3n) is 1.79. The van der Waals surface area contributed by atoms with Gasteiger partial charge in [0.25, 0.3) is 0 Å². The van der Waals surface area contributed by atoms with Crippen molar-refractivity contribution in [3.63, 3.8) is 0 Å². The van der Waals surface area contributed by atoms with Gasteiger partial charge >= 0.3 is 0 Å². The second kappa shape index (κ2) is 8.84.